The van der Waals surface area contributed by atoms with E-state index < -0.39 is 17.5 Å². The molecule has 2 atom stereocenters. The third-order valence-corrected chi connectivity index (χ3v) is 5.17. The molecule has 0 amide bonds. The summed E-state index contributed by atoms with van der Waals surface area (Å²) in [5.74, 6) is -0.576. The first-order valence-electron chi connectivity index (χ1n) is 9.02. The fourth-order valence-corrected chi connectivity index (χ4v) is 3.34. The fraction of sp³-hybridized carbons (Fsp3) is 0.300. The molecular weight excluding hydrogens is 399 g/mol. The van der Waals surface area contributed by atoms with Crippen LogP contribution < -0.4 is 0 Å². The van der Waals surface area contributed by atoms with Crippen LogP contribution in [-0.4, -0.2) is 56.9 Å². The van der Waals surface area contributed by atoms with Crippen LogP contribution in [0.25, 0.3) is 0 Å². The Labute approximate surface area is 172 Å². The van der Waals surface area contributed by atoms with Gasteiger partial charge in [-0.1, -0.05) is 35.9 Å². The van der Waals surface area contributed by atoms with Gasteiger partial charge >= 0.3 is 0 Å². The molecule has 0 radical (unpaired) electrons. The van der Waals surface area contributed by atoms with Crippen LogP contribution >= 0.6 is 11.6 Å². The number of likely N-dealkylation sites (tertiary alicyclic amines) is 1. The summed E-state index contributed by atoms with van der Waals surface area (Å²) in [5, 5.41) is 40.7. The number of hydrogen-bond acceptors (Lipinski definition) is 4. The predicted octanol–water partition coefficient (Wildman–Crippen LogP) is 2.59. The molecule has 0 aliphatic carbocycles. The highest BCUT2D eigenvalue weighted by Crippen LogP contribution is 2.33. The molecule has 1 aliphatic rings. The molecule has 4 N–H and O–H groups in total. The molecule has 2 aromatic carbocycles. The normalized spacial score (nSPS) is 22.1. The van der Waals surface area contributed by atoms with E-state index in [9.17, 15) is 19.8 Å². The van der Waals surface area contributed by atoms with Gasteiger partial charge in [0.15, 0.2) is 0 Å². The molecule has 0 bridgehead atoms. The summed E-state index contributed by atoms with van der Waals surface area (Å²) in [6.07, 6.45) is 0.0756. The van der Waals surface area contributed by atoms with Gasteiger partial charge in [-0.2, -0.15) is 0 Å². The Hall–Kier alpha value is -2.52. The molecule has 7 nitrogen and oxygen atoms in total. The van der Waals surface area contributed by atoms with Gasteiger partial charge in [0.2, 0.25) is 5.96 Å². The van der Waals surface area contributed by atoms with E-state index in [4.69, 9.17) is 17.0 Å². The Bertz CT molecular complexity index is 878. The number of nitrogens with zero attached hydrogens (tertiary/aromatic N) is 3. The average molecular weight is 421 g/mol. The second-order valence-corrected chi connectivity index (χ2v) is 7.37. The van der Waals surface area contributed by atoms with Gasteiger partial charge in [0, 0.05) is 24.5 Å². The van der Waals surface area contributed by atoms with Crippen LogP contribution in [0.3, 0.4) is 0 Å². The van der Waals surface area contributed by atoms with E-state index in [0.29, 0.717) is 10.6 Å². The number of piperidine rings is 1. The number of halogens is 2. The molecule has 2 unspecified atom stereocenters. The van der Waals surface area contributed by atoms with Crippen molar-refractivity contribution in [3.63, 3.8) is 0 Å². The summed E-state index contributed by atoms with van der Waals surface area (Å²) in [7, 11) is 0. The first kappa shape index (κ1) is 21.2. The van der Waals surface area contributed by atoms with Gasteiger partial charge in [-0.15, -0.1) is 0 Å². The van der Waals surface area contributed by atoms with E-state index in [0.717, 1.165) is 17.0 Å². The van der Waals surface area contributed by atoms with E-state index in [2.05, 4.69) is 4.99 Å². The number of aliphatic hydroxyl groups excluding tert-OH is 1. The van der Waals surface area contributed by atoms with Crippen molar-refractivity contribution >= 4 is 23.9 Å². The van der Waals surface area contributed by atoms with Crippen molar-refractivity contribution in [3.8, 4) is 0 Å². The lowest BCUT2D eigenvalue weighted by molar-refractivity contribution is -0.114. The first-order valence-corrected chi connectivity index (χ1v) is 9.40. The standard InChI is InChI=1S/C20H22ClFN4O3/c21-16-5-1-14(2-6-16)11-26(29)13-24-19(23)25-10-9-20(28,18(27)12-25)15-3-7-17(22)8-4-15/h1-8,13,18,23,27-29H,9-12H2/b23-19?,24-13-. The minimum Gasteiger partial charge on any atom is -0.388 e. The zero-order chi connectivity index (χ0) is 21.0. The molecule has 3 rings (SSSR count). The maximum absolute atomic E-state index is 13.1. The monoisotopic (exact) mass is 420 g/mol. The largest absolute Gasteiger partial charge is 0.388 e. The van der Waals surface area contributed by atoms with Crippen LogP contribution in [0.15, 0.2) is 53.5 Å². The number of β-amino-alcohol motifs (C(OH)–C–C–N with tert-alkyl or cyclic N) is 1. The number of nitrogens with one attached hydrogen (secondary N) is 1. The topological polar surface area (TPSA) is 103 Å². The summed E-state index contributed by atoms with van der Waals surface area (Å²) >= 11 is 5.82. The Kier molecular flexibility index (Phi) is 6.49. The highest BCUT2D eigenvalue weighted by atomic mass is 35.5. The van der Waals surface area contributed by atoms with Gasteiger partial charge in [0.05, 0.1) is 6.54 Å². The second kappa shape index (κ2) is 8.87. The van der Waals surface area contributed by atoms with E-state index in [1.54, 1.807) is 24.3 Å². The van der Waals surface area contributed by atoms with Crippen molar-refractivity contribution in [1.29, 1.82) is 5.41 Å². The summed E-state index contributed by atoms with van der Waals surface area (Å²) < 4.78 is 13.1. The summed E-state index contributed by atoms with van der Waals surface area (Å²) in [6.45, 7) is 0.414. The van der Waals surface area contributed by atoms with Crippen LogP contribution in [0.1, 0.15) is 17.5 Å². The highest BCUT2D eigenvalue weighted by Gasteiger charge is 2.42. The fourth-order valence-electron chi connectivity index (χ4n) is 3.21. The summed E-state index contributed by atoms with van der Waals surface area (Å²) in [6, 6.07) is 12.3. The van der Waals surface area contributed by atoms with Crippen LogP contribution in [0, 0.1) is 11.2 Å². The van der Waals surface area contributed by atoms with Crippen molar-refractivity contribution < 1.29 is 19.8 Å². The van der Waals surface area contributed by atoms with Crippen LogP contribution in [0.4, 0.5) is 4.39 Å². The van der Waals surface area contributed by atoms with E-state index >= 15 is 0 Å². The SMILES string of the molecule is N=C(/N=C\N(O)Cc1ccc(Cl)cc1)N1CCC(O)(c2ccc(F)cc2)C(O)C1. The van der Waals surface area contributed by atoms with Gasteiger partial charge in [0.25, 0.3) is 0 Å². The van der Waals surface area contributed by atoms with Crippen LogP contribution in [0.2, 0.25) is 5.02 Å². The lowest BCUT2D eigenvalue weighted by atomic mass is 9.82. The van der Waals surface area contributed by atoms with Gasteiger partial charge in [-0.25, -0.2) is 14.4 Å². The Balaban J connectivity index is 1.57. The number of aliphatic hydroxyl groups is 2. The zero-order valence-electron chi connectivity index (χ0n) is 15.5. The molecule has 29 heavy (non-hydrogen) atoms. The van der Waals surface area contributed by atoms with Gasteiger partial charge in [-0.05, 0) is 35.4 Å². The van der Waals surface area contributed by atoms with Crippen molar-refractivity contribution in [3.05, 3.63) is 70.5 Å². The predicted molar refractivity (Wildman–Crippen MR) is 107 cm³/mol. The zero-order valence-corrected chi connectivity index (χ0v) is 16.3. The van der Waals surface area contributed by atoms with Gasteiger partial charge in [0.1, 0.15) is 23.9 Å². The third-order valence-electron chi connectivity index (χ3n) is 4.92. The number of guanidine groups is 1. The van der Waals surface area contributed by atoms with Crippen molar-refractivity contribution in [2.24, 2.45) is 4.99 Å². The number of hydrogen-bond donors (Lipinski definition) is 4. The number of aliphatic imine (C=N–C) groups is 1. The lowest BCUT2D eigenvalue weighted by Crippen LogP contribution is -2.54. The molecule has 0 aromatic heterocycles. The highest BCUT2D eigenvalue weighted by molar-refractivity contribution is 6.30. The minimum atomic E-state index is -1.52. The van der Waals surface area contributed by atoms with E-state index in [1.165, 1.54) is 29.2 Å². The molecule has 9 heteroatoms. The molecular formula is C20H22ClFN4O3. The lowest BCUT2D eigenvalue weighted by Gasteiger charge is -2.42. The number of hydroxylamine groups is 2. The molecule has 0 saturated carbocycles. The van der Waals surface area contributed by atoms with Crippen molar-refractivity contribution in [2.75, 3.05) is 13.1 Å². The molecule has 0 spiro atoms. The molecule has 1 aliphatic heterocycles. The minimum absolute atomic E-state index is 0.0212. The smallest absolute Gasteiger partial charge is 0.219 e. The third kappa shape index (κ3) is 5.10. The first-order chi connectivity index (χ1) is 13.8. The van der Waals surface area contributed by atoms with Crippen molar-refractivity contribution in [1.82, 2.24) is 9.96 Å². The number of benzene rings is 2. The van der Waals surface area contributed by atoms with E-state index in [1.807, 2.05) is 0 Å². The van der Waals surface area contributed by atoms with Crippen LogP contribution in [0.5, 0.6) is 0 Å². The quantitative estimate of drug-likeness (QED) is 0.346. The van der Waals surface area contributed by atoms with Crippen LogP contribution in [-0.2, 0) is 12.1 Å². The average Bonchev–Trinajstić information content (AvgIpc) is 2.70. The molecule has 1 heterocycles. The Morgan fingerprint density at radius 3 is 2.55 bits per heavy atom. The Morgan fingerprint density at radius 1 is 1.28 bits per heavy atom. The second-order valence-electron chi connectivity index (χ2n) is 6.94. The maximum Gasteiger partial charge on any atom is 0.219 e. The Morgan fingerprint density at radius 2 is 1.93 bits per heavy atom. The molecule has 1 saturated heterocycles. The molecule has 2 aromatic rings. The molecule has 154 valence electrons. The molecule has 1 fully saturated rings. The van der Waals surface area contributed by atoms with E-state index in [-0.39, 0.29) is 32.0 Å². The summed E-state index contributed by atoms with van der Waals surface area (Å²) in [4.78, 5) is 5.42. The maximum atomic E-state index is 13.1. The summed E-state index contributed by atoms with van der Waals surface area (Å²) in [5.41, 5.74) is -0.288. The van der Waals surface area contributed by atoms with Gasteiger partial charge in [-0.3, -0.25) is 10.6 Å². The van der Waals surface area contributed by atoms with Crippen molar-refractivity contribution in [2.45, 2.75) is 24.7 Å². The number of rotatable bonds is 4. The van der Waals surface area contributed by atoms with Gasteiger partial charge < -0.3 is 15.1 Å².